The Hall–Kier alpha value is -0.370. The number of likely N-dealkylation sites (tertiary alicyclic amines) is 1. The van der Waals surface area contributed by atoms with E-state index in [1.54, 1.807) is 0 Å². The molecule has 0 bridgehead atoms. The smallest absolute Gasteiger partial charge is 0.133 e. The average Bonchev–Trinajstić information content (AvgIpc) is 2.46. The van der Waals surface area contributed by atoms with E-state index in [2.05, 4.69) is 4.90 Å². The normalized spacial score (nSPS) is 37.5. The highest BCUT2D eigenvalue weighted by Gasteiger charge is 2.35. The SMILES string of the molecule is O=CCN1CC2CCCC2C1. The molecule has 1 saturated heterocycles. The fraction of sp³-hybridized carbons (Fsp3) is 0.889. The Balaban J connectivity index is 1.89. The lowest BCUT2D eigenvalue weighted by Gasteiger charge is -2.11. The maximum absolute atomic E-state index is 10.2. The molecule has 0 aromatic rings. The minimum atomic E-state index is 0.660. The molecular formula is C9H15NO. The third-order valence-electron chi connectivity index (χ3n) is 3.13. The zero-order valence-corrected chi connectivity index (χ0v) is 6.83. The third kappa shape index (κ3) is 1.32. The lowest BCUT2D eigenvalue weighted by Crippen LogP contribution is -2.23. The second-order valence-corrected chi connectivity index (χ2v) is 3.84. The molecule has 0 aromatic heterocycles. The average molecular weight is 153 g/mol. The van der Waals surface area contributed by atoms with Crippen molar-refractivity contribution in [3.05, 3.63) is 0 Å². The van der Waals surface area contributed by atoms with Gasteiger partial charge in [0.1, 0.15) is 6.29 Å². The predicted octanol–water partition coefficient (Wildman–Crippen LogP) is 0.917. The van der Waals surface area contributed by atoms with E-state index >= 15 is 0 Å². The first kappa shape index (κ1) is 7.29. The van der Waals surface area contributed by atoms with Gasteiger partial charge in [-0.2, -0.15) is 0 Å². The van der Waals surface area contributed by atoms with Gasteiger partial charge in [-0.3, -0.25) is 4.90 Å². The van der Waals surface area contributed by atoms with Crippen molar-refractivity contribution in [1.29, 1.82) is 0 Å². The number of aldehydes is 1. The summed E-state index contributed by atoms with van der Waals surface area (Å²) in [6, 6.07) is 0. The summed E-state index contributed by atoms with van der Waals surface area (Å²) in [5.74, 6) is 1.85. The van der Waals surface area contributed by atoms with Crippen molar-refractivity contribution in [1.82, 2.24) is 4.90 Å². The Morgan fingerprint density at radius 2 is 1.91 bits per heavy atom. The van der Waals surface area contributed by atoms with Gasteiger partial charge in [-0.15, -0.1) is 0 Å². The summed E-state index contributed by atoms with van der Waals surface area (Å²) in [7, 11) is 0. The van der Waals surface area contributed by atoms with Gasteiger partial charge < -0.3 is 4.79 Å². The molecule has 0 N–H and O–H groups in total. The third-order valence-corrected chi connectivity index (χ3v) is 3.13. The van der Waals surface area contributed by atoms with E-state index in [0.29, 0.717) is 6.54 Å². The van der Waals surface area contributed by atoms with Gasteiger partial charge in [-0.1, -0.05) is 6.42 Å². The number of carbonyl (C=O) groups excluding carboxylic acids is 1. The van der Waals surface area contributed by atoms with Crippen LogP contribution in [0.4, 0.5) is 0 Å². The molecule has 0 amide bonds. The minimum Gasteiger partial charge on any atom is -0.302 e. The summed E-state index contributed by atoms with van der Waals surface area (Å²) in [6.07, 6.45) is 5.26. The van der Waals surface area contributed by atoms with E-state index in [1.807, 2.05) is 0 Å². The maximum atomic E-state index is 10.2. The van der Waals surface area contributed by atoms with Crippen LogP contribution in [0.1, 0.15) is 19.3 Å². The number of rotatable bonds is 2. The van der Waals surface area contributed by atoms with E-state index in [4.69, 9.17) is 0 Å². The molecular weight excluding hydrogens is 138 g/mol. The van der Waals surface area contributed by atoms with Crippen molar-refractivity contribution < 1.29 is 4.79 Å². The Morgan fingerprint density at radius 1 is 1.27 bits per heavy atom. The first-order chi connectivity index (χ1) is 5.40. The highest BCUT2D eigenvalue weighted by molar-refractivity contribution is 5.52. The van der Waals surface area contributed by atoms with E-state index < -0.39 is 0 Å². The van der Waals surface area contributed by atoms with Crippen LogP contribution in [-0.2, 0) is 4.79 Å². The standard InChI is InChI=1S/C9H15NO/c11-5-4-10-6-8-2-1-3-9(8)7-10/h5,8-9H,1-4,6-7H2. The van der Waals surface area contributed by atoms with Gasteiger partial charge in [-0.05, 0) is 24.7 Å². The van der Waals surface area contributed by atoms with Crippen LogP contribution in [0.3, 0.4) is 0 Å². The van der Waals surface area contributed by atoms with Crippen molar-refractivity contribution in [2.24, 2.45) is 11.8 Å². The van der Waals surface area contributed by atoms with Crippen molar-refractivity contribution in [3.63, 3.8) is 0 Å². The summed E-state index contributed by atoms with van der Waals surface area (Å²) in [5.41, 5.74) is 0. The van der Waals surface area contributed by atoms with Crippen LogP contribution in [-0.4, -0.2) is 30.8 Å². The topological polar surface area (TPSA) is 20.3 Å². The molecule has 2 fully saturated rings. The van der Waals surface area contributed by atoms with Crippen LogP contribution in [0.5, 0.6) is 0 Å². The van der Waals surface area contributed by atoms with E-state index in [-0.39, 0.29) is 0 Å². The van der Waals surface area contributed by atoms with Gasteiger partial charge in [0, 0.05) is 13.1 Å². The second kappa shape index (κ2) is 2.94. The van der Waals surface area contributed by atoms with Crippen molar-refractivity contribution in [3.8, 4) is 0 Å². The molecule has 2 heteroatoms. The molecule has 0 spiro atoms. The summed E-state index contributed by atoms with van der Waals surface area (Å²) in [4.78, 5) is 12.5. The zero-order valence-electron chi connectivity index (χ0n) is 6.83. The van der Waals surface area contributed by atoms with E-state index in [0.717, 1.165) is 18.1 Å². The molecule has 2 nitrogen and oxygen atoms in total. The van der Waals surface area contributed by atoms with E-state index in [1.165, 1.54) is 32.4 Å². The molecule has 1 saturated carbocycles. The van der Waals surface area contributed by atoms with Gasteiger partial charge in [0.2, 0.25) is 0 Å². The molecule has 1 aliphatic carbocycles. The summed E-state index contributed by atoms with van der Waals surface area (Å²) in [6.45, 7) is 3.03. The number of fused-ring (bicyclic) bond motifs is 1. The number of carbonyl (C=O) groups is 1. The van der Waals surface area contributed by atoms with Gasteiger partial charge in [0.15, 0.2) is 0 Å². The molecule has 2 atom stereocenters. The Labute approximate surface area is 67.6 Å². The second-order valence-electron chi connectivity index (χ2n) is 3.84. The molecule has 2 unspecified atom stereocenters. The zero-order chi connectivity index (χ0) is 7.68. The summed E-state index contributed by atoms with van der Waals surface area (Å²) in [5, 5.41) is 0. The van der Waals surface area contributed by atoms with Crippen molar-refractivity contribution in [2.75, 3.05) is 19.6 Å². The monoisotopic (exact) mass is 153 g/mol. The lowest BCUT2D eigenvalue weighted by molar-refractivity contribution is -0.108. The van der Waals surface area contributed by atoms with Crippen LogP contribution >= 0.6 is 0 Å². The summed E-state index contributed by atoms with van der Waals surface area (Å²) < 4.78 is 0. The van der Waals surface area contributed by atoms with Gasteiger partial charge in [0.05, 0.1) is 6.54 Å². The largest absolute Gasteiger partial charge is 0.302 e. The van der Waals surface area contributed by atoms with Crippen molar-refractivity contribution in [2.45, 2.75) is 19.3 Å². The van der Waals surface area contributed by atoms with Crippen LogP contribution < -0.4 is 0 Å². The fourth-order valence-electron chi connectivity index (χ4n) is 2.59. The number of nitrogens with zero attached hydrogens (tertiary/aromatic N) is 1. The molecule has 0 aromatic carbocycles. The Kier molecular flexibility index (Phi) is 1.95. The Morgan fingerprint density at radius 3 is 2.45 bits per heavy atom. The minimum absolute atomic E-state index is 0.660. The molecule has 62 valence electrons. The van der Waals surface area contributed by atoms with Crippen LogP contribution in [0.2, 0.25) is 0 Å². The van der Waals surface area contributed by atoms with Crippen LogP contribution in [0, 0.1) is 11.8 Å². The fourth-order valence-corrected chi connectivity index (χ4v) is 2.59. The molecule has 2 rings (SSSR count). The summed E-state index contributed by atoms with van der Waals surface area (Å²) >= 11 is 0. The molecule has 1 aliphatic heterocycles. The van der Waals surface area contributed by atoms with Gasteiger partial charge >= 0.3 is 0 Å². The van der Waals surface area contributed by atoms with Crippen molar-refractivity contribution >= 4 is 6.29 Å². The quantitative estimate of drug-likeness (QED) is 0.550. The van der Waals surface area contributed by atoms with E-state index in [9.17, 15) is 4.79 Å². The Bertz CT molecular complexity index is 146. The highest BCUT2D eigenvalue weighted by atomic mass is 16.1. The first-order valence-corrected chi connectivity index (χ1v) is 4.56. The van der Waals surface area contributed by atoms with Crippen LogP contribution in [0.15, 0.2) is 0 Å². The highest BCUT2D eigenvalue weighted by Crippen LogP contribution is 2.37. The maximum Gasteiger partial charge on any atom is 0.133 e. The van der Waals surface area contributed by atoms with Gasteiger partial charge in [-0.25, -0.2) is 0 Å². The van der Waals surface area contributed by atoms with Gasteiger partial charge in [0.25, 0.3) is 0 Å². The molecule has 11 heavy (non-hydrogen) atoms. The molecule has 0 radical (unpaired) electrons. The molecule has 1 heterocycles. The first-order valence-electron chi connectivity index (χ1n) is 4.56. The predicted molar refractivity (Wildman–Crippen MR) is 43.3 cm³/mol. The van der Waals surface area contributed by atoms with Crippen LogP contribution in [0.25, 0.3) is 0 Å². The number of hydrogen-bond donors (Lipinski definition) is 0. The number of hydrogen-bond acceptors (Lipinski definition) is 2. The molecule has 2 aliphatic rings. The lowest BCUT2D eigenvalue weighted by atomic mass is 10.0.